The summed E-state index contributed by atoms with van der Waals surface area (Å²) in [7, 11) is 0. The van der Waals surface area contributed by atoms with Gasteiger partial charge in [-0.05, 0) is 12.2 Å². The molecular weight excluding hydrogens is 404 g/mol. The van der Waals surface area contributed by atoms with Gasteiger partial charge < -0.3 is 49.6 Å². The zero-order valence-electron chi connectivity index (χ0n) is 14.5. The highest BCUT2D eigenvalue weighted by Gasteiger charge is 2.50. The quantitative estimate of drug-likeness (QED) is 0.146. The van der Waals surface area contributed by atoms with Crippen LogP contribution < -0.4 is 0 Å². The van der Waals surface area contributed by atoms with Crippen LogP contribution in [0.5, 0.6) is 0 Å². The minimum Gasteiger partial charge on any atom is -0.394 e. The van der Waals surface area contributed by atoms with Crippen molar-refractivity contribution in [2.45, 2.75) is 67.8 Å². The van der Waals surface area contributed by atoms with Gasteiger partial charge in [0.05, 0.1) is 19.3 Å². The molecular formula is C15H28O10S2. The largest absolute Gasteiger partial charge is 0.394 e. The molecule has 10 nitrogen and oxygen atoms in total. The van der Waals surface area contributed by atoms with Crippen LogP contribution in [0, 0.1) is 0 Å². The maximum atomic E-state index is 10.4. The Morgan fingerprint density at radius 3 is 2.00 bits per heavy atom. The molecule has 2 heterocycles. The Morgan fingerprint density at radius 1 is 0.778 bits per heavy atom. The van der Waals surface area contributed by atoms with E-state index in [9.17, 15) is 30.6 Å². The van der Waals surface area contributed by atoms with Crippen molar-refractivity contribution in [3.05, 3.63) is 0 Å². The van der Waals surface area contributed by atoms with Crippen LogP contribution >= 0.6 is 25.3 Å². The van der Waals surface area contributed by atoms with Crippen molar-refractivity contribution >= 4 is 25.3 Å². The molecule has 0 amide bonds. The first kappa shape index (κ1) is 23.6. The summed E-state index contributed by atoms with van der Waals surface area (Å²) < 4.78 is 21.7. The van der Waals surface area contributed by atoms with Crippen molar-refractivity contribution in [1.82, 2.24) is 0 Å². The van der Waals surface area contributed by atoms with Gasteiger partial charge in [-0.3, -0.25) is 0 Å². The number of aliphatic hydroxyl groups is 6. The summed E-state index contributed by atoms with van der Waals surface area (Å²) in [5, 5.41) is 60.1. The second-order valence-electron chi connectivity index (χ2n) is 6.45. The summed E-state index contributed by atoms with van der Waals surface area (Å²) in [5.41, 5.74) is 0. The number of aliphatic hydroxyl groups excluding tert-OH is 6. The van der Waals surface area contributed by atoms with Crippen molar-refractivity contribution in [3.63, 3.8) is 0 Å². The van der Waals surface area contributed by atoms with Gasteiger partial charge in [-0.15, -0.1) is 0 Å². The van der Waals surface area contributed by atoms with E-state index >= 15 is 0 Å². The molecule has 0 saturated carbocycles. The molecule has 10 atom stereocenters. The fourth-order valence-electron chi connectivity index (χ4n) is 2.96. The van der Waals surface area contributed by atoms with E-state index in [-0.39, 0.29) is 12.4 Å². The maximum absolute atomic E-state index is 10.4. The van der Waals surface area contributed by atoms with Crippen LogP contribution in [0.15, 0.2) is 0 Å². The second kappa shape index (κ2) is 10.9. The Balaban J connectivity index is 2.06. The molecule has 2 saturated heterocycles. The Hall–Kier alpha value is 0.300. The third-order valence-corrected chi connectivity index (χ3v) is 5.22. The van der Waals surface area contributed by atoms with Gasteiger partial charge in [0.25, 0.3) is 0 Å². The summed E-state index contributed by atoms with van der Waals surface area (Å²) in [6, 6.07) is 0. The topological polar surface area (TPSA) is 158 Å². The summed E-state index contributed by atoms with van der Waals surface area (Å²) >= 11 is 8.06. The number of rotatable bonds is 8. The van der Waals surface area contributed by atoms with E-state index in [4.69, 9.17) is 18.9 Å². The summed E-state index contributed by atoms with van der Waals surface area (Å²) in [4.78, 5) is 0. The molecule has 10 unspecified atom stereocenters. The van der Waals surface area contributed by atoms with Crippen molar-refractivity contribution in [2.75, 3.05) is 24.7 Å². The lowest BCUT2D eigenvalue weighted by atomic mass is 9.97. The summed E-state index contributed by atoms with van der Waals surface area (Å²) in [6.45, 7) is -0.329. The van der Waals surface area contributed by atoms with Crippen LogP contribution in [-0.2, 0) is 18.9 Å². The van der Waals surface area contributed by atoms with Gasteiger partial charge in [0, 0.05) is 5.75 Å². The number of hydrogen-bond acceptors (Lipinski definition) is 12. The lowest BCUT2D eigenvalue weighted by molar-refractivity contribution is -0.356. The molecule has 0 bridgehead atoms. The van der Waals surface area contributed by atoms with Crippen LogP contribution in [0.4, 0.5) is 0 Å². The van der Waals surface area contributed by atoms with Crippen LogP contribution in [0.1, 0.15) is 6.42 Å². The predicted molar refractivity (Wildman–Crippen MR) is 97.6 cm³/mol. The van der Waals surface area contributed by atoms with Crippen LogP contribution in [0.2, 0.25) is 0 Å². The molecule has 2 fully saturated rings. The van der Waals surface area contributed by atoms with E-state index in [1.54, 1.807) is 0 Å². The van der Waals surface area contributed by atoms with Gasteiger partial charge in [0.15, 0.2) is 12.6 Å². The first-order valence-electron chi connectivity index (χ1n) is 8.66. The minimum atomic E-state index is -1.62. The standard InChI is InChI=1S/C15H28O10S2/c16-4-6-13(10(19)12(21)14(23-6)22-2-1-3-26)25-15-11(20)9(18)8(17)7(5-27)24-15/h6-21,26-27H,1-5H2. The lowest BCUT2D eigenvalue weighted by Gasteiger charge is -2.46. The molecule has 12 heteroatoms. The Morgan fingerprint density at radius 2 is 1.41 bits per heavy atom. The monoisotopic (exact) mass is 432 g/mol. The fraction of sp³-hybridized carbons (Fsp3) is 1.00. The van der Waals surface area contributed by atoms with Gasteiger partial charge in [0.2, 0.25) is 0 Å². The SMILES string of the molecule is OCC1OC(OCCCS)C(O)C(O)C1OC1OC(CS)C(O)C(O)C1O. The molecule has 6 N–H and O–H groups in total. The maximum Gasteiger partial charge on any atom is 0.187 e. The highest BCUT2D eigenvalue weighted by molar-refractivity contribution is 7.80. The van der Waals surface area contributed by atoms with Gasteiger partial charge in [-0.2, -0.15) is 25.3 Å². The van der Waals surface area contributed by atoms with Gasteiger partial charge in [0.1, 0.15) is 42.7 Å². The third kappa shape index (κ3) is 5.47. The molecule has 2 rings (SSSR count). The summed E-state index contributed by atoms with van der Waals surface area (Å²) in [6.07, 6.45) is -12.8. The van der Waals surface area contributed by atoms with Crippen LogP contribution in [0.25, 0.3) is 0 Å². The van der Waals surface area contributed by atoms with E-state index in [1.165, 1.54) is 0 Å². The fourth-order valence-corrected chi connectivity index (χ4v) is 3.39. The molecule has 2 aliphatic rings. The highest BCUT2D eigenvalue weighted by atomic mass is 32.1. The van der Waals surface area contributed by atoms with Crippen LogP contribution in [-0.4, -0.2) is 117 Å². The lowest BCUT2D eigenvalue weighted by Crippen LogP contribution is -2.64. The average molecular weight is 433 g/mol. The zero-order valence-corrected chi connectivity index (χ0v) is 16.3. The van der Waals surface area contributed by atoms with E-state index in [0.717, 1.165) is 0 Å². The van der Waals surface area contributed by atoms with E-state index in [0.29, 0.717) is 12.2 Å². The van der Waals surface area contributed by atoms with Crippen molar-refractivity contribution in [1.29, 1.82) is 0 Å². The average Bonchev–Trinajstić information content (AvgIpc) is 2.67. The number of ether oxygens (including phenoxy) is 4. The third-order valence-electron chi connectivity index (χ3n) is 4.54. The molecule has 27 heavy (non-hydrogen) atoms. The van der Waals surface area contributed by atoms with Crippen molar-refractivity contribution in [2.24, 2.45) is 0 Å². The predicted octanol–water partition coefficient (Wildman–Crippen LogP) is -3.12. The highest BCUT2D eigenvalue weighted by Crippen LogP contribution is 2.29. The molecule has 0 aromatic rings. The second-order valence-corrected chi connectivity index (χ2v) is 7.26. The van der Waals surface area contributed by atoms with Gasteiger partial charge in [-0.25, -0.2) is 0 Å². The first-order valence-corrected chi connectivity index (χ1v) is 9.93. The van der Waals surface area contributed by atoms with E-state index < -0.39 is 68.0 Å². The molecule has 0 radical (unpaired) electrons. The Labute approximate surface area is 167 Å². The molecule has 2 aliphatic heterocycles. The molecule has 0 aromatic heterocycles. The van der Waals surface area contributed by atoms with Gasteiger partial charge >= 0.3 is 0 Å². The molecule has 0 aromatic carbocycles. The molecule has 160 valence electrons. The smallest absolute Gasteiger partial charge is 0.187 e. The van der Waals surface area contributed by atoms with E-state index in [1.807, 2.05) is 0 Å². The Kier molecular flexibility index (Phi) is 9.52. The van der Waals surface area contributed by atoms with Crippen molar-refractivity contribution < 1.29 is 49.6 Å². The first-order chi connectivity index (χ1) is 12.8. The van der Waals surface area contributed by atoms with Crippen LogP contribution in [0.3, 0.4) is 0 Å². The van der Waals surface area contributed by atoms with Crippen molar-refractivity contribution in [3.8, 4) is 0 Å². The number of hydrogen-bond donors (Lipinski definition) is 8. The Bertz CT molecular complexity index is 443. The van der Waals surface area contributed by atoms with Gasteiger partial charge in [-0.1, -0.05) is 0 Å². The summed E-state index contributed by atoms with van der Waals surface area (Å²) in [5.74, 6) is 0.611. The molecule has 0 aliphatic carbocycles. The molecule has 0 spiro atoms. The number of thiol groups is 2. The van der Waals surface area contributed by atoms with E-state index in [2.05, 4.69) is 25.3 Å². The normalized spacial score (nSPS) is 45.8. The zero-order chi connectivity index (χ0) is 20.1. The minimum absolute atomic E-state index is 0.0433.